The van der Waals surface area contributed by atoms with Crippen LogP contribution in [0.25, 0.3) is 5.65 Å². The average molecular weight is 404 g/mol. The number of pyridine rings is 1. The van der Waals surface area contributed by atoms with Crippen LogP contribution in [0.1, 0.15) is 53.7 Å². The summed E-state index contributed by atoms with van der Waals surface area (Å²) >= 11 is 0. The molecule has 5 rings (SSSR count). The highest BCUT2D eigenvalue weighted by Crippen LogP contribution is 2.36. The summed E-state index contributed by atoms with van der Waals surface area (Å²) in [6.45, 7) is 4.29. The van der Waals surface area contributed by atoms with Crippen molar-refractivity contribution in [3.63, 3.8) is 0 Å². The van der Waals surface area contributed by atoms with Gasteiger partial charge in [0.15, 0.2) is 0 Å². The standard InChI is InChI=1S/C25H29N3O2/c1-18-6-11-24-26-22(16-28(24)14-18)17-30-23-9-7-20(8-10-23)25(29)27-13-12-19-4-2-3-5-21(19)15-27/h6-11,14,16,19,21H,2-5,12-13,15,17H2,1H3/t19-,21+/m1/s1. The van der Waals surface area contributed by atoms with Crippen LogP contribution in [0.15, 0.2) is 48.8 Å². The topological polar surface area (TPSA) is 46.8 Å². The molecule has 156 valence electrons. The molecule has 1 amide bonds. The van der Waals surface area contributed by atoms with Gasteiger partial charge in [-0.2, -0.15) is 0 Å². The fourth-order valence-corrected chi connectivity index (χ4v) is 5.04. The third kappa shape index (κ3) is 3.93. The molecule has 3 heterocycles. The van der Waals surface area contributed by atoms with Crippen molar-refractivity contribution in [1.82, 2.24) is 14.3 Å². The van der Waals surface area contributed by atoms with E-state index in [1.54, 1.807) is 0 Å². The SMILES string of the molecule is Cc1ccc2nc(COc3ccc(C(=O)N4CC[C@H]5CCCC[C@H]5C4)cc3)cn2c1. The number of amides is 1. The monoisotopic (exact) mass is 403 g/mol. The summed E-state index contributed by atoms with van der Waals surface area (Å²) in [6.07, 6.45) is 10.5. The number of likely N-dealkylation sites (tertiary alicyclic amines) is 1. The summed E-state index contributed by atoms with van der Waals surface area (Å²) in [5.74, 6) is 2.45. The van der Waals surface area contributed by atoms with Crippen molar-refractivity contribution >= 4 is 11.6 Å². The number of carbonyl (C=O) groups excluding carboxylic acids is 1. The molecule has 2 aliphatic rings. The van der Waals surface area contributed by atoms with Crippen LogP contribution in [-0.2, 0) is 6.61 Å². The number of aryl methyl sites for hydroxylation is 1. The molecule has 30 heavy (non-hydrogen) atoms. The molecule has 5 nitrogen and oxygen atoms in total. The minimum absolute atomic E-state index is 0.154. The molecule has 2 aromatic heterocycles. The molecular formula is C25H29N3O2. The Hall–Kier alpha value is -2.82. The molecule has 0 radical (unpaired) electrons. The van der Waals surface area contributed by atoms with Crippen molar-refractivity contribution in [3.05, 3.63) is 65.6 Å². The Morgan fingerprint density at radius 1 is 1.03 bits per heavy atom. The van der Waals surface area contributed by atoms with Crippen molar-refractivity contribution in [2.24, 2.45) is 11.8 Å². The van der Waals surface area contributed by atoms with E-state index in [4.69, 9.17) is 4.74 Å². The fraction of sp³-hybridized carbons (Fsp3) is 0.440. The number of hydrogen-bond donors (Lipinski definition) is 0. The second kappa shape index (κ2) is 8.13. The van der Waals surface area contributed by atoms with Gasteiger partial charge in [0.05, 0.1) is 5.69 Å². The number of piperidine rings is 1. The molecule has 1 aromatic carbocycles. The Morgan fingerprint density at radius 3 is 2.67 bits per heavy atom. The van der Waals surface area contributed by atoms with Gasteiger partial charge < -0.3 is 14.0 Å². The number of ether oxygens (including phenoxy) is 1. The van der Waals surface area contributed by atoms with Crippen molar-refractivity contribution in [2.75, 3.05) is 13.1 Å². The van der Waals surface area contributed by atoms with Gasteiger partial charge in [-0.3, -0.25) is 4.79 Å². The summed E-state index contributed by atoms with van der Waals surface area (Å²) in [4.78, 5) is 19.6. The van der Waals surface area contributed by atoms with E-state index in [0.717, 1.165) is 48.1 Å². The zero-order chi connectivity index (χ0) is 20.5. The summed E-state index contributed by atoms with van der Waals surface area (Å²) in [5, 5.41) is 0. The molecule has 2 atom stereocenters. The third-order valence-corrected chi connectivity index (χ3v) is 6.72. The lowest BCUT2D eigenvalue weighted by Crippen LogP contribution is -2.44. The lowest BCUT2D eigenvalue weighted by Gasteiger charge is -2.41. The number of rotatable bonds is 4. The van der Waals surface area contributed by atoms with E-state index in [2.05, 4.69) is 29.1 Å². The summed E-state index contributed by atoms with van der Waals surface area (Å²) in [5.41, 5.74) is 3.75. The van der Waals surface area contributed by atoms with Crippen LogP contribution in [0.4, 0.5) is 0 Å². The highest BCUT2D eigenvalue weighted by molar-refractivity contribution is 5.94. The lowest BCUT2D eigenvalue weighted by atomic mass is 9.75. The van der Waals surface area contributed by atoms with E-state index < -0.39 is 0 Å². The van der Waals surface area contributed by atoms with Gasteiger partial charge >= 0.3 is 0 Å². The number of nitrogens with zero attached hydrogens (tertiary/aromatic N) is 3. The van der Waals surface area contributed by atoms with Crippen LogP contribution in [0, 0.1) is 18.8 Å². The van der Waals surface area contributed by atoms with Gasteiger partial charge in [-0.05, 0) is 67.5 Å². The quantitative estimate of drug-likeness (QED) is 0.624. The number of hydrogen-bond acceptors (Lipinski definition) is 3. The Kier molecular flexibility index (Phi) is 5.19. The second-order valence-corrected chi connectivity index (χ2v) is 8.86. The van der Waals surface area contributed by atoms with Crippen LogP contribution in [0.3, 0.4) is 0 Å². The average Bonchev–Trinajstić information content (AvgIpc) is 3.19. The largest absolute Gasteiger partial charge is 0.487 e. The summed E-state index contributed by atoms with van der Waals surface area (Å²) in [7, 11) is 0. The van der Waals surface area contributed by atoms with Gasteiger partial charge in [0.1, 0.15) is 18.0 Å². The number of aromatic nitrogens is 2. The molecule has 0 spiro atoms. The number of fused-ring (bicyclic) bond motifs is 2. The molecule has 1 aliphatic heterocycles. The van der Waals surface area contributed by atoms with E-state index in [0.29, 0.717) is 12.5 Å². The smallest absolute Gasteiger partial charge is 0.253 e. The first kappa shape index (κ1) is 19.2. The van der Waals surface area contributed by atoms with Crippen LogP contribution in [-0.4, -0.2) is 33.3 Å². The van der Waals surface area contributed by atoms with E-state index >= 15 is 0 Å². The van der Waals surface area contributed by atoms with Crippen molar-refractivity contribution in [3.8, 4) is 5.75 Å². The zero-order valence-corrected chi connectivity index (χ0v) is 17.6. The van der Waals surface area contributed by atoms with Gasteiger partial charge in [-0.25, -0.2) is 4.98 Å². The third-order valence-electron chi connectivity index (χ3n) is 6.72. The van der Waals surface area contributed by atoms with E-state index in [9.17, 15) is 4.79 Å². The maximum absolute atomic E-state index is 13.0. The van der Waals surface area contributed by atoms with Crippen LogP contribution in [0.5, 0.6) is 5.75 Å². The van der Waals surface area contributed by atoms with E-state index in [1.807, 2.05) is 40.9 Å². The van der Waals surface area contributed by atoms with Crippen molar-refractivity contribution in [1.29, 1.82) is 0 Å². The molecular weight excluding hydrogens is 374 g/mol. The van der Waals surface area contributed by atoms with Gasteiger partial charge in [-0.1, -0.05) is 25.3 Å². The van der Waals surface area contributed by atoms with Crippen molar-refractivity contribution < 1.29 is 9.53 Å². The van der Waals surface area contributed by atoms with Crippen LogP contribution in [0.2, 0.25) is 0 Å². The number of benzene rings is 1. The highest BCUT2D eigenvalue weighted by Gasteiger charge is 2.33. The number of carbonyl (C=O) groups is 1. The maximum atomic E-state index is 13.0. The minimum Gasteiger partial charge on any atom is -0.487 e. The Bertz CT molecular complexity index is 1040. The summed E-state index contributed by atoms with van der Waals surface area (Å²) < 4.78 is 7.92. The molecule has 1 saturated heterocycles. The molecule has 1 aliphatic carbocycles. The first-order valence-corrected chi connectivity index (χ1v) is 11.1. The minimum atomic E-state index is 0.154. The fourth-order valence-electron chi connectivity index (χ4n) is 5.04. The molecule has 5 heteroatoms. The lowest BCUT2D eigenvalue weighted by molar-refractivity contribution is 0.0521. The number of imidazole rings is 1. The second-order valence-electron chi connectivity index (χ2n) is 8.86. The predicted molar refractivity (Wildman–Crippen MR) is 117 cm³/mol. The van der Waals surface area contributed by atoms with Crippen LogP contribution >= 0.6 is 0 Å². The zero-order valence-electron chi connectivity index (χ0n) is 17.6. The normalized spacial score (nSPS) is 21.4. The van der Waals surface area contributed by atoms with E-state index in [1.165, 1.54) is 31.2 Å². The first-order valence-electron chi connectivity index (χ1n) is 11.1. The molecule has 1 saturated carbocycles. The van der Waals surface area contributed by atoms with Gasteiger partial charge in [0.25, 0.3) is 5.91 Å². The van der Waals surface area contributed by atoms with Crippen molar-refractivity contribution in [2.45, 2.75) is 45.6 Å². The van der Waals surface area contributed by atoms with E-state index in [-0.39, 0.29) is 5.91 Å². The Balaban J connectivity index is 1.20. The maximum Gasteiger partial charge on any atom is 0.253 e. The molecule has 0 bridgehead atoms. The van der Waals surface area contributed by atoms with Gasteiger partial charge in [0.2, 0.25) is 0 Å². The van der Waals surface area contributed by atoms with Gasteiger partial charge in [-0.15, -0.1) is 0 Å². The van der Waals surface area contributed by atoms with Gasteiger partial charge in [0, 0.05) is 31.0 Å². The molecule has 0 unspecified atom stereocenters. The van der Waals surface area contributed by atoms with Crippen LogP contribution < -0.4 is 4.74 Å². The highest BCUT2D eigenvalue weighted by atomic mass is 16.5. The Labute approximate surface area is 177 Å². The molecule has 3 aromatic rings. The Morgan fingerprint density at radius 2 is 1.83 bits per heavy atom. The molecule has 0 N–H and O–H groups in total. The first-order chi connectivity index (χ1) is 14.7. The predicted octanol–water partition coefficient (Wildman–Crippen LogP) is 4.87. The summed E-state index contributed by atoms with van der Waals surface area (Å²) in [6, 6.07) is 11.6. The molecule has 2 fully saturated rings.